The van der Waals surface area contributed by atoms with Gasteiger partial charge in [0.1, 0.15) is 0 Å². The van der Waals surface area contributed by atoms with E-state index in [4.69, 9.17) is 23.2 Å². The van der Waals surface area contributed by atoms with Crippen LogP contribution >= 0.6 is 23.2 Å². The minimum Gasteiger partial charge on any atom is -0.316 e. The number of hydrogen-bond donors (Lipinski definition) is 2. The first kappa shape index (κ1) is 17.1. The summed E-state index contributed by atoms with van der Waals surface area (Å²) in [5.74, 6) is 0. The first-order valence-corrected chi connectivity index (χ1v) is 8.16. The van der Waals surface area contributed by atoms with Gasteiger partial charge in [0.15, 0.2) is 0 Å². The molecular formula is C18H14Cl2N4O. The molecule has 0 aliphatic carbocycles. The molecule has 3 aromatic rings. The number of hydrazone groups is 1. The Bertz CT molecular complexity index is 886. The van der Waals surface area contributed by atoms with Gasteiger partial charge in [-0.1, -0.05) is 23.2 Å². The van der Waals surface area contributed by atoms with Crippen LogP contribution in [0.4, 0.5) is 10.5 Å². The minimum atomic E-state index is -0.442. The maximum absolute atomic E-state index is 11.8. The SMILES string of the molecule is O=C(N/N=C/c1cccn1-c1ccc(Cl)cc1)Nc1ccc(Cl)cc1. The van der Waals surface area contributed by atoms with E-state index < -0.39 is 6.03 Å². The first-order valence-electron chi connectivity index (χ1n) is 7.41. The van der Waals surface area contributed by atoms with Gasteiger partial charge in [-0.15, -0.1) is 0 Å². The quantitative estimate of drug-likeness (QED) is 0.494. The summed E-state index contributed by atoms with van der Waals surface area (Å²) in [5.41, 5.74) is 4.81. The molecule has 0 unspecified atom stereocenters. The molecule has 0 radical (unpaired) electrons. The number of carbonyl (C=O) groups excluding carboxylic acids is 1. The molecule has 7 heteroatoms. The second kappa shape index (κ2) is 7.88. The van der Waals surface area contributed by atoms with E-state index in [9.17, 15) is 4.79 Å². The highest BCUT2D eigenvalue weighted by Crippen LogP contribution is 2.15. The zero-order valence-corrected chi connectivity index (χ0v) is 14.5. The third kappa shape index (κ3) is 4.62. The summed E-state index contributed by atoms with van der Waals surface area (Å²) in [7, 11) is 0. The summed E-state index contributed by atoms with van der Waals surface area (Å²) in [5, 5.41) is 7.91. The van der Waals surface area contributed by atoms with Crippen LogP contribution in [0.3, 0.4) is 0 Å². The van der Waals surface area contributed by atoms with Crippen LogP contribution < -0.4 is 10.7 Å². The largest absolute Gasteiger partial charge is 0.339 e. The Labute approximate surface area is 154 Å². The number of nitrogens with zero attached hydrogens (tertiary/aromatic N) is 2. The molecular weight excluding hydrogens is 359 g/mol. The van der Waals surface area contributed by atoms with E-state index in [0.29, 0.717) is 15.7 Å². The molecule has 1 aromatic heterocycles. The Hall–Kier alpha value is -2.76. The zero-order chi connectivity index (χ0) is 17.6. The monoisotopic (exact) mass is 372 g/mol. The van der Waals surface area contributed by atoms with Crippen molar-refractivity contribution in [2.45, 2.75) is 0 Å². The number of benzene rings is 2. The van der Waals surface area contributed by atoms with Gasteiger partial charge in [0, 0.05) is 27.6 Å². The summed E-state index contributed by atoms with van der Waals surface area (Å²) in [6, 6.07) is 17.6. The van der Waals surface area contributed by atoms with Crippen LogP contribution in [0, 0.1) is 0 Å². The molecule has 2 aromatic carbocycles. The Kier molecular flexibility index (Phi) is 5.38. The van der Waals surface area contributed by atoms with Gasteiger partial charge in [-0.25, -0.2) is 10.2 Å². The maximum Gasteiger partial charge on any atom is 0.339 e. The summed E-state index contributed by atoms with van der Waals surface area (Å²) in [6.45, 7) is 0. The lowest BCUT2D eigenvalue weighted by atomic mass is 10.3. The molecule has 0 saturated carbocycles. The van der Waals surface area contributed by atoms with Crippen LogP contribution in [-0.2, 0) is 0 Å². The van der Waals surface area contributed by atoms with Crippen molar-refractivity contribution in [3.05, 3.63) is 82.6 Å². The Morgan fingerprint density at radius 2 is 1.60 bits per heavy atom. The van der Waals surface area contributed by atoms with Crippen molar-refractivity contribution in [1.82, 2.24) is 9.99 Å². The molecule has 2 N–H and O–H groups in total. The number of anilines is 1. The second-order valence-corrected chi connectivity index (χ2v) is 5.98. The molecule has 0 aliphatic rings. The van der Waals surface area contributed by atoms with E-state index in [1.165, 1.54) is 0 Å². The lowest BCUT2D eigenvalue weighted by Gasteiger charge is -2.06. The molecule has 2 amide bonds. The molecule has 0 fully saturated rings. The van der Waals surface area contributed by atoms with Crippen molar-refractivity contribution >= 4 is 41.1 Å². The average molecular weight is 373 g/mol. The van der Waals surface area contributed by atoms with Crippen molar-refractivity contribution in [2.24, 2.45) is 5.10 Å². The standard InChI is InChI=1S/C18H14Cl2N4O/c19-13-3-7-15(8-4-13)22-18(25)23-21-12-17-2-1-11-24(17)16-9-5-14(20)6-10-16/h1-12H,(H2,22,23,25)/b21-12+. The van der Waals surface area contributed by atoms with E-state index in [0.717, 1.165) is 11.4 Å². The highest BCUT2D eigenvalue weighted by Gasteiger charge is 2.02. The number of hydrogen-bond acceptors (Lipinski definition) is 2. The van der Waals surface area contributed by atoms with Crippen molar-refractivity contribution < 1.29 is 4.79 Å². The fraction of sp³-hybridized carbons (Fsp3) is 0. The third-order valence-electron chi connectivity index (χ3n) is 3.35. The Morgan fingerprint density at radius 1 is 0.960 bits per heavy atom. The van der Waals surface area contributed by atoms with Crippen molar-refractivity contribution in [2.75, 3.05) is 5.32 Å². The number of halogens is 2. The topological polar surface area (TPSA) is 58.4 Å². The predicted octanol–water partition coefficient (Wildman–Crippen LogP) is 4.94. The molecule has 126 valence electrons. The molecule has 0 atom stereocenters. The van der Waals surface area contributed by atoms with Gasteiger partial charge >= 0.3 is 6.03 Å². The second-order valence-electron chi connectivity index (χ2n) is 5.11. The summed E-state index contributed by atoms with van der Waals surface area (Å²) >= 11 is 11.7. The number of amides is 2. The van der Waals surface area contributed by atoms with Crippen LogP contribution in [0.25, 0.3) is 5.69 Å². The molecule has 1 heterocycles. The van der Waals surface area contributed by atoms with Gasteiger partial charge in [-0.3, -0.25) is 0 Å². The van der Waals surface area contributed by atoms with Crippen LogP contribution in [0.1, 0.15) is 5.69 Å². The van der Waals surface area contributed by atoms with Gasteiger partial charge in [0.05, 0.1) is 11.9 Å². The molecule has 0 bridgehead atoms. The normalized spacial score (nSPS) is 10.8. The number of carbonyl (C=O) groups is 1. The van der Waals surface area contributed by atoms with Crippen LogP contribution in [0.15, 0.2) is 72.0 Å². The third-order valence-corrected chi connectivity index (χ3v) is 3.85. The molecule has 0 aliphatic heterocycles. The van der Waals surface area contributed by atoms with E-state index in [-0.39, 0.29) is 0 Å². The van der Waals surface area contributed by atoms with Crippen molar-refractivity contribution in [1.29, 1.82) is 0 Å². The number of rotatable bonds is 4. The Balaban J connectivity index is 1.63. The lowest BCUT2D eigenvalue weighted by molar-refractivity contribution is 0.252. The number of aromatic nitrogens is 1. The highest BCUT2D eigenvalue weighted by atomic mass is 35.5. The first-order chi connectivity index (χ1) is 12.1. The number of nitrogens with one attached hydrogen (secondary N) is 2. The maximum atomic E-state index is 11.8. The molecule has 5 nitrogen and oxygen atoms in total. The van der Waals surface area contributed by atoms with E-state index in [1.54, 1.807) is 30.5 Å². The van der Waals surface area contributed by atoms with Gasteiger partial charge in [-0.2, -0.15) is 5.10 Å². The predicted molar refractivity (Wildman–Crippen MR) is 102 cm³/mol. The van der Waals surface area contributed by atoms with Gasteiger partial charge in [-0.05, 0) is 60.7 Å². The summed E-state index contributed by atoms with van der Waals surface area (Å²) in [4.78, 5) is 11.8. The van der Waals surface area contributed by atoms with Crippen molar-refractivity contribution in [3.8, 4) is 5.69 Å². The van der Waals surface area contributed by atoms with E-state index in [2.05, 4.69) is 15.8 Å². The van der Waals surface area contributed by atoms with Crippen molar-refractivity contribution in [3.63, 3.8) is 0 Å². The number of urea groups is 1. The molecule has 3 rings (SSSR count). The highest BCUT2D eigenvalue weighted by molar-refractivity contribution is 6.30. The van der Waals surface area contributed by atoms with E-state index >= 15 is 0 Å². The van der Waals surface area contributed by atoms with Gasteiger partial charge in [0.2, 0.25) is 0 Å². The van der Waals surface area contributed by atoms with Crippen LogP contribution in [0.2, 0.25) is 10.0 Å². The average Bonchev–Trinajstić information content (AvgIpc) is 3.06. The Morgan fingerprint density at radius 3 is 2.28 bits per heavy atom. The van der Waals surface area contributed by atoms with Crippen LogP contribution in [-0.4, -0.2) is 16.8 Å². The van der Waals surface area contributed by atoms with Crippen LogP contribution in [0.5, 0.6) is 0 Å². The molecule has 0 saturated heterocycles. The molecule has 25 heavy (non-hydrogen) atoms. The van der Waals surface area contributed by atoms with E-state index in [1.807, 2.05) is 47.2 Å². The zero-order valence-electron chi connectivity index (χ0n) is 13.0. The fourth-order valence-corrected chi connectivity index (χ4v) is 2.44. The smallest absolute Gasteiger partial charge is 0.316 e. The molecule has 0 spiro atoms. The minimum absolute atomic E-state index is 0.442. The van der Waals surface area contributed by atoms with Gasteiger partial charge in [0.25, 0.3) is 0 Å². The van der Waals surface area contributed by atoms with Gasteiger partial charge < -0.3 is 9.88 Å². The summed E-state index contributed by atoms with van der Waals surface area (Å²) in [6.07, 6.45) is 3.47. The fourth-order valence-electron chi connectivity index (χ4n) is 2.19. The lowest BCUT2D eigenvalue weighted by Crippen LogP contribution is -2.24. The summed E-state index contributed by atoms with van der Waals surface area (Å²) < 4.78 is 1.93.